The van der Waals surface area contributed by atoms with Gasteiger partial charge in [0.05, 0.1) is 6.54 Å². The van der Waals surface area contributed by atoms with Gasteiger partial charge in [-0.3, -0.25) is 5.01 Å². The third-order valence-electron chi connectivity index (χ3n) is 1.60. The first-order valence-corrected chi connectivity index (χ1v) is 3.65. The van der Waals surface area contributed by atoms with E-state index in [-0.39, 0.29) is 5.82 Å². The van der Waals surface area contributed by atoms with Crippen molar-refractivity contribution < 1.29 is 4.39 Å². The molecule has 2 nitrogen and oxygen atoms in total. The first kappa shape index (κ1) is 8.71. The molecule has 1 rings (SSSR count). The molecule has 0 aliphatic heterocycles. The normalized spacial score (nSPS) is 9.50. The van der Waals surface area contributed by atoms with Crippen LogP contribution in [-0.2, 0) is 6.54 Å². The Morgan fingerprint density at radius 3 is 2.75 bits per heavy atom. The van der Waals surface area contributed by atoms with Gasteiger partial charge in [-0.25, -0.2) is 4.39 Å². The molecule has 0 amide bonds. The van der Waals surface area contributed by atoms with Crippen LogP contribution in [0.25, 0.3) is 0 Å². The standard InChI is InChI=1S/C9H11FN2/c1-11-12(2)7-8-5-3-4-6-9(8)10/h3-6H,1,7H2,2H3. The highest BCUT2D eigenvalue weighted by atomic mass is 19.1. The van der Waals surface area contributed by atoms with E-state index in [2.05, 4.69) is 11.8 Å². The van der Waals surface area contributed by atoms with Crippen molar-refractivity contribution in [1.82, 2.24) is 5.01 Å². The molecule has 1 aromatic carbocycles. The minimum Gasteiger partial charge on any atom is -0.296 e. The molecule has 0 aromatic heterocycles. The Labute approximate surface area is 71.3 Å². The highest BCUT2D eigenvalue weighted by molar-refractivity contribution is 5.23. The Hall–Kier alpha value is -1.38. The van der Waals surface area contributed by atoms with Crippen LogP contribution >= 0.6 is 0 Å². The summed E-state index contributed by atoms with van der Waals surface area (Å²) in [5.41, 5.74) is 0.632. The molecule has 0 bridgehead atoms. The van der Waals surface area contributed by atoms with Gasteiger partial charge in [-0.1, -0.05) is 18.2 Å². The molecule has 0 atom stereocenters. The van der Waals surface area contributed by atoms with Crippen LogP contribution in [0.1, 0.15) is 5.56 Å². The average molecular weight is 166 g/mol. The van der Waals surface area contributed by atoms with Gasteiger partial charge in [-0.05, 0) is 6.07 Å². The monoisotopic (exact) mass is 166 g/mol. The van der Waals surface area contributed by atoms with Gasteiger partial charge < -0.3 is 0 Å². The van der Waals surface area contributed by atoms with E-state index in [1.54, 1.807) is 30.3 Å². The third-order valence-corrected chi connectivity index (χ3v) is 1.60. The van der Waals surface area contributed by atoms with Crippen LogP contribution in [0.2, 0.25) is 0 Å². The average Bonchev–Trinajstić information content (AvgIpc) is 2.09. The second kappa shape index (κ2) is 3.85. The number of hydrazone groups is 1. The van der Waals surface area contributed by atoms with Crippen molar-refractivity contribution in [3.05, 3.63) is 35.6 Å². The molecule has 12 heavy (non-hydrogen) atoms. The molecule has 0 N–H and O–H groups in total. The largest absolute Gasteiger partial charge is 0.296 e. The molecule has 0 radical (unpaired) electrons. The van der Waals surface area contributed by atoms with Crippen LogP contribution in [0.4, 0.5) is 4.39 Å². The zero-order valence-corrected chi connectivity index (χ0v) is 7.00. The highest BCUT2D eigenvalue weighted by Crippen LogP contribution is 2.08. The van der Waals surface area contributed by atoms with Crippen molar-refractivity contribution in [3.63, 3.8) is 0 Å². The summed E-state index contributed by atoms with van der Waals surface area (Å²) in [5.74, 6) is -0.201. The molecule has 0 unspecified atom stereocenters. The van der Waals surface area contributed by atoms with E-state index in [1.165, 1.54) is 6.07 Å². The smallest absolute Gasteiger partial charge is 0.128 e. The number of nitrogens with zero attached hydrogens (tertiary/aromatic N) is 2. The quantitative estimate of drug-likeness (QED) is 0.494. The summed E-state index contributed by atoms with van der Waals surface area (Å²) in [4.78, 5) is 0. The summed E-state index contributed by atoms with van der Waals surface area (Å²) in [6, 6.07) is 6.64. The van der Waals surface area contributed by atoms with Crippen molar-refractivity contribution in [3.8, 4) is 0 Å². The van der Waals surface area contributed by atoms with Crippen LogP contribution in [0, 0.1) is 5.82 Å². The molecule has 0 heterocycles. The molecular formula is C9H11FN2. The third kappa shape index (κ3) is 2.05. The van der Waals surface area contributed by atoms with Crippen molar-refractivity contribution in [2.75, 3.05) is 7.05 Å². The number of halogens is 1. The van der Waals surface area contributed by atoms with E-state index in [0.717, 1.165) is 0 Å². The molecule has 1 aromatic rings. The summed E-state index contributed by atoms with van der Waals surface area (Å²) in [5, 5.41) is 5.22. The van der Waals surface area contributed by atoms with Gasteiger partial charge in [0.15, 0.2) is 0 Å². The maximum absolute atomic E-state index is 13.0. The van der Waals surface area contributed by atoms with Gasteiger partial charge in [0.2, 0.25) is 0 Å². The molecule has 3 heteroatoms. The number of hydrogen-bond donors (Lipinski definition) is 0. The minimum atomic E-state index is -0.201. The topological polar surface area (TPSA) is 15.6 Å². The van der Waals surface area contributed by atoms with E-state index in [0.29, 0.717) is 12.1 Å². The summed E-state index contributed by atoms with van der Waals surface area (Å²) in [6.07, 6.45) is 0. The van der Waals surface area contributed by atoms with Crippen molar-refractivity contribution in [1.29, 1.82) is 0 Å². The van der Waals surface area contributed by atoms with Crippen LogP contribution in [0.15, 0.2) is 29.4 Å². The lowest BCUT2D eigenvalue weighted by molar-refractivity contribution is 0.343. The van der Waals surface area contributed by atoms with E-state index in [1.807, 2.05) is 0 Å². The van der Waals surface area contributed by atoms with Gasteiger partial charge in [0.1, 0.15) is 5.82 Å². The first-order valence-electron chi connectivity index (χ1n) is 3.65. The lowest BCUT2D eigenvalue weighted by atomic mass is 10.2. The Morgan fingerprint density at radius 1 is 1.50 bits per heavy atom. The Bertz CT molecular complexity index is 273. The molecule has 0 saturated heterocycles. The maximum atomic E-state index is 13.0. The maximum Gasteiger partial charge on any atom is 0.128 e. The van der Waals surface area contributed by atoms with Gasteiger partial charge in [-0.15, -0.1) is 0 Å². The fourth-order valence-corrected chi connectivity index (χ4v) is 0.923. The van der Waals surface area contributed by atoms with Gasteiger partial charge in [-0.2, -0.15) is 5.10 Å². The zero-order chi connectivity index (χ0) is 8.97. The van der Waals surface area contributed by atoms with E-state index < -0.39 is 0 Å². The van der Waals surface area contributed by atoms with E-state index in [9.17, 15) is 4.39 Å². The van der Waals surface area contributed by atoms with Crippen LogP contribution in [0.3, 0.4) is 0 Å². The number of rotatable bonds is 3. The molecule has 0 saturated carbocycles. The van der Waals surface area contributed by atoms with Crippen molar-refractivity contribution in [2.24, 2.45) is 5.10 Å². The lowest BCUT2D eigenvalue weighted by Crippen LogP contribution is -2.10. The summed E-state index contributed by atoms with van der Waals surface area (Å²) in [7, 11) is 1.75. The fraction of sp³-hybridized carbons (Fsp3) is 0.222. The second-order valence-corrected chi connectivity index (χ2v) is 2.55. The lowest BCUT2D eigenvalue weighted by Gasteiger charge is -2.11. The SMILES string of the molecule is C=NN(C)Cc1ccccc1F. The van der Waals surface area contributed by atoms with Crippen molar-refractivity contribution >= 4 is 6.72 Å². The summed E-state index contributed by atoms with van der Waals surface area (Å²) in [6.45, 7) is 3.79. The summed E-state index contributed by atoms with van der Waals surface area (Å²) < 4.78 is 13.0. The van der Waals surface area contributed by atoms with Crippen molar-refractivity contribution in [2.45, 2.75) is 6.54 Å². The molecular weight excluding hydrogens is 155 g/mol. The van der Waals surface area contributed by atoms with Gasteiger partial charge >= 0.3 is 0 Å². The Morgan fingerprint density at radius 2 is 2.17 bits per heavy atom. The van der Waals surface area contributed by atoms with Crippen LogP contribution in [-0.4, -0.2) is 18.8 Å². The van der Waals surface area contributed by atoms with Gasteiger partial charge in [0, 0.05) is 19.3 Å². The predicted octanol–water partition coefficient (Wildman–Crippen LogP) is 1.87. The number of benzene rings is 1. The number of hydrogen-bond acceptors (Lipinski definition) is 2. The van der Waals surface area contributed by atoms with Crippen LogP contribution in [0.5, 0.6) is 0 Å². The fourth-order valence-electron chi connectivity index (χ4n) is 0.923. The van der Waals surface area contributed by atoms with E-state index in [4.69, 9.17) is 0 Å². The zero-order valence-electron chi connectivity index (χ0n) is 7.00. The minimum absolute atomic E-state index is 0.201. The van der Waals surface area contributed by atoms with Crippen LogP contribution < -0.4 is 0 Å². The Kier molecular flexibility index (Phi) is 2.80. The molecule has 0 aliphatic carbocycles. The molecule has 0 fully saturated rings. The van der Waals surface area contributed by atoms with Gasteiger partial charge in [0.25, 0.3) is 0 Å². The molecule has 0 aliphatic rings. The molecule has 0 spiro atoms. The summed E-state index contributed by atoms with van der Waals surface area (Å²) >= 11 is 0. The highest BCUT2D eigenvalue weighted by Gasteiger charge is 2.01. The van der Waals surface area contributed by atoms with E-state index >= 15 is 0 Å². The Balaban J connectivity index is 2.75. The predicted molar refractivity (Wildman–Crippen MR) is 47.4 cm³/mol. The molecule has 64 valence electrons. The first-order chi connectivity index (χ1) is 5.74. The second-order valence-electron chi connectivity index (χ2n) is 2.55.